The maximum atomic E-state index is 13.5. The van der Waals surface area contributed by atoms with Crippen LogP contribution in [0.2, 0.25) is 0 Å². The van der Waals surface area contributed by atoms with Crippen LogP contribution in [0.5, 0.6) is 5.75 Å². The molecule has 1 heterocycles. The molecule has 7 rings (SSSR count). The number of esters is 1. The topological polar surface area (TPSA) is 26.3 Å². The van der Waals surface area contributed by atoms with Gasteiger partial charge in [0.2, 0.25) is 0 Å². The molecule has 1 saturated heterocycles. The first kappa shape index (κ1) is 19.2. The zero-order valence-electron chi connectivity index (χ0n) is 18.2. The Morgan fingerprint density at radius 1 is 0.867 bits per heavy atom. The van der Waals surface area contributed by atoms with Crippen LogP contribution in [0.3, 0.4) is 0 Å². The van der Waals surface area contributed by atoms with Crippen LogP contribution in [0.25, 0.3) is 10.8 Å². The van der Waals surface area contributed by atoms with Crippen molar-refractivity contribution >= 4 is 26.8 Å². The Morgan fingerprint density at radius 2 is 1.47 bits per heavy atom. The van der Waals surface area contributed by atoms with Gasteiger partial charge >= 0.3 is 5.97 Å². The molecule has 160 valence electrons. The van der Waals surface area contributed by atoms with Crippen molar-refractivity contribution in [3.8, 4) is 5.75 Å². The summed E-state index contributed by atoms with van der Waals surface area (Å²) in [4.78, 5) is 15.1. The zero-order valence-corrected chi connectivity index (χ0v) is 19.0. The van der Waals surface area contributed by atoms with Crippen LogP contribution in [0.4, 0.5) is 0 Å². The van der Waals surface area contributed by atoms with Crippen LogP contribution in [0.1, 0.15) is 57.8 Å². The third-order valence-electron chi connectivity index (χ3n) is 8.74. The van der Waals surface area contributed by atoms with Crippen LogP contribution < -0.4 is 4.74 Å². The van der Waals surface area contributed by atoms with Crippen molar-refractivity contribution in [1.82, 2.24) is 0 Å². The Bertz CT molecular complexity index is 952. The second-order valence-electron chi connectivity index (χ2n) is 10.9. The Labute approximate surface area is 182 Å². The normalized spacial score (nSPS) is 35.3. The lowest BCUT2D eigenvalue weighted by atomic mass is 9.49. The number of ether oxygens (including phenoxy) is 1. The molecule has 5 aliphatic rings. The van der Waals surface area contributed by atoms with Gasteiger partial charge in [-0.15, -0.1) is 0 Å². The molecule has 4 saturated carbocycles. The van der Waals surface area contributed by atoms with Gasteiger partial charge in [-0.2, -0.15) is 0 Å². The molecule has 0 unspecified atom stereocenters. The molecule has 0 atom stereocenters. The number of carbonyl (C=O) groups is 1. The van der Waals surface area contributed by atoms with Crippen molar-refractivity contribution in [3.05, 3.63) is 36.4 Å². The fraction of sp³-hybridized carbons (Fsp3) is 0.593. The quantitative estimate of drug-likeness (QED) is 0.395. The van der Waals surface area contributed by atoms with Gasteiger partial charge < -0.3 is 4.74 Å². The standard InChI is InChI=1S/C27H34O2S/c1-30(11-5-2-6-12-30)25-10-9-24(22-7-3-4-8-23(22)25)29-26(28)27-16-19-13-20(17-27)15-21(14-19)18-27/h3-4,7-10,19-21H,2,5-6,11-18H2,1H3. The van der Waals surface area contributed by atoms with Gasteiger partial charge in [0.05, 0.1) is 5.41 Å². The molecule has 3 heteroatoms. The summed E-state index contributed by atoms with van der Waals surface area (Å²) in [6.07, 6.45) is 13.8. The highest BCUT2D eigenvalue weighted by atomic mass is 32.3. The van der Waals surface area contributed by atoms with Crippen LogP contribution in [0.15, 0.2) is 41.3 Å². The number of hydrogen-bond acceptors (Lipinski definition) is 2. The number of benzene rings is 2. The SMILES string of the molecule is CS1(c2ccc(OC(=O)C34CC5CC(CC(C5)C3)C4)c3ccccc23)CCCCC1. The van der Waals surface area contributed by atoms with E-state index in [2.05, 4.69) is 42.7 Å². The molecular formula is C27H34O2S. The predicted molar refractivity (Wildman–Crippen MR) is 126 cm³/mol. The summed E-state index contributed by atoms with van der Waals surface area (Å²) in [5.74, 6) is 5.81. The van der Waals surface area contributed by atoms with E-state index < -0.39 is 10.0 Å². The molecule has 2 aromatic carbocycles. The Hall–Kier alpha value is -1.48. The number of rotatable bonds is 3. The molecule has 0 amide bonds. The van der Waals surface area contributed by atoms with E-state index in [1.54, 1.807) is 0 Å². The number of hydrogen-bond donors (Lipinski definition) is 0. The first-order valence-corrected chi connectivity index (χ1v) is 14.4. The van der Waals surface area contributed by atoms with Gasteiger partial charge in [-0.1, -0.05) is 30.7 Å². The van der Waals surface area contributed by atoms with Crippen LogP contribution >= 0.6 is 10.0 Å². The van der Waals surface area contributed by atoms with E-state index in [9.17, 15) is 4.79 Å². The number of carbonyl (C=O) groups excluding carboxylic acids is 1. The van der Waals surface area contributed by atoms with Gasteiger partial charge in [0.15, 0.2) is 0 Å². The molecule has 2 nitrogen and oxygen atoms in total. The molecule has 0 N–H and O–H groups in total. The molecule has 1 aliphatic heterocycles. The first-order chi connectivity index (χ1) is 14.5. The minimum absolute atomic E-state index is 0.0655. The maximum absolute atomic E-state index is 13.5. The van der Waals surface area contributed by atoms with E-state index in [1.165, 1.54) is 60.3 Å². The van der Waals surface area contributed by atoms with Gasteiger partial charge in [-0.25, -0.2) is 10.0 Å². The van der Waals surface area contributed by atoms with Gasteiger partial charge in [-0.3, -0.25) is 4.79 Å². The Kier molecular flexibility index (Phi) is 4.50. The van der Waals surface area contributed by atoms with Crippen molar-refractivity contribution in [2.45, 2.75) is 62.7 Å². The molecule has 4 aliphatic carbocycles. The van der Waals surface area contributed by atoms with Crippen LogP contribution in [-0.2, 0) is 4.79 Å². The molecule has 0 spiro atoms. The van der Waals surface area contributed by atoms with Gasteiger partial charge in [-0.05, 0) is 109 Å². The average molecular weight is 423 g/mol. The Morgan fingerprint density at radius 3 is 2.10 bits per heavy atom. The van der Waals surface area contributed by atoms with Crippen molar-refractivity contribution < 1.29 is 9.53 Å². The largest absolute Gasteiger partial charge is 0.425 e. The van der Waals surface area contributed by atoms with E-state index in [4.69, 9.17) is 4.74 Å². The third kappa shape index (κ3) is 3.03. The molecular weight excluding hydrogens is 388 g/mol. The summed E-state index contributed by atoms with van der Waals surface area (Å²) in [6, 6.07) is 13.1. The summed E-state index contributed by atoms with van der Waals surface area (Å²) in [7, 11) is -0.768. The molecule has 5 fully saturated rings. The highest BCUT2D eigenvalue weighted by Crippen LogP contribution is 2.61. The van der Waals surface area contributed by atoms with Crippen LogP contribution in [-0.4, -0.2) is 23.7 Å². The molecule has 30 heavy (non-hydrogen) atoms. The second-order valence-corrected chi connectivity index (χ2v) is 14.7. The summed E-state index contributed by atoms with van der Waals surface area (Å²) in [6.45, 7) is 0. The van der Waals surface area contributed by atoms with Crippen molar-refractivity contribution in [3.63, 3.8) is 0 Å². The maximum Gasteiger partial charge on any atom is 0.317 e. The fourth-order valence-electron chi connectivity index (χ4n) is 7.67. The third-order valence-corrected chi connectivity index (χ3v) is 12.5. The fourth-order valence-corrected chi connectivity index (χ4v) is 11.1. The van der Waals surface area contributed by atoms with Crippen molar-refractivity contribution in [2.24, 2.45) is 23.2 Å². The average Bonchev–Trinajstić information content (AvgIpc) is 2.73. The lowest BCUT2D eigenvalue weighted by Gasteiger charge is -2.55. The van der Waals surface area contributed by atoms with Gasteiger partial charge in [0.1, 0.15) is 5.75 Å². The molecule has 4 bridgehead atoms. The minimum Gasteiger partial charge on any atom is -0.425 e. The lowest BCUT2D eigenvalue weighted by Crippen LogP contribution is -2.51. The second kappa shape index (κ2) is 7.02. The first-order valence-electron chi connectivity index (χ1n) is 12.0. The monoisotopic (exact) mass is 422 g/mol. The highest BCUT2D eigenvalue weighted by Gasteiger charge is 2.55. The molecule has 0 aromatic heterocycles. The van der Waals surface area contributed by atoms with E-state index >= 15 is 0 Å². The molecule has 0 radical (unpaired) electrons. The zero-order chi connectivity index (χ0) is 20.3. The smallest absolute Gasteiger partial charge is 0.317 e. The molecule has 2 aromatic rings. The lowest BCUT2D eigenvalue weighted by molar-refractivity contribution is -0.161. The predicted octanol–water partition coefficient (Wildman–Crippen LogP) is 6.94. The van der Waals surface area contributed by atoms with E-state index in [-0.39, 0.29) is 11.4 Å². The minimum atomic E-state index is -0.768. The van der Waals surface area contributed by atoms with Gasteiger partial charge in [0, 0.05) is 5.39 Å². The highest BCUT2D eigenvalue weighted by molar-refractivity contribution is 8.33. The van der Waals surface area contributed by atoms with Gasteiger partial charge in [0.25, 0.3) is 0 Å². The summed E-state index contributed by atoms with van der Waals surface area (Å²) >= 11 is 0. The van der Waals surface area contributed by atoms with Crippen LogP contribution in [0, 0.1) is 23.2 Å². The summed E-state index contributed by atoms with van der Waals surface area (Å²) < 4.78 is 6.26. The summed E-state index contributed by atoms with van der Waals surface area (Å²) in [5, 5.41) is 2.44. The number of fused-ring (bicyclic) bond motifs is 1. The van der Waals surface area contributed by atoms with E-state index in [1.807, 2.05) is 0 Å². The van der Waals surface area contributed by atoms with E-state index in [0.29, 0.717) is 0 Å². The van der Waals surface area contributed by atoms with Crippen molar-refractivity contribution in [2.75, 3.05) is 17.8 Å². The van der Waals surface area contributed by atoms with E-state index in [0.717, 1.165) is 48.2 Å². The van der Waals surface area contributed by atoms with Crippen molar-refractivity contribution in [1.29, 1.82) is 0 Å². The Balaban J connectivity index is 1.34. The summed E-state index contributed by atoms with van der Waals surface area (Å²) in [5.41, 5.74) is -0.199.